The molecule has 0 saturated heterocycles. The highest BCUT2D eigenvalue weighted by molar-refractivity contribution is 5.30. The van der Waals surface area contributed by atoms with Gasteiger partial charge in [0.15, 0.2) is 0 Å². The molecule has 1 N–H and O–H groups in total. The summed E-state index contributed by atoms with van der Waals surface area (Å²) in [6, 6.07) is 0.626. The molecule has 0 aromatic carbocycles. The van der Waals surface area contributed by atoms with Crippen LogP contribution >= 0.6 is 0 Å². The van der Waals surface area contributed by atoms with Gasteiger partial charge in [0.1, 0.15) is 0 Å². The molecule has 1 aliphatic rings. The predicted molar refractivity (Wildman–Crippen MR) is 76.9 cm³/mol. The number of aromatic nitrogens is 2. The summed E-state index contributed by atoms with van der Waals surface area (Å²) in [4.78, 5) is 4.63. The Hall–Kier alpha value is -0.990. The summed E-state index contributed by atoms with van der Waals surface area (Å²) in [5.41, 5.74) is 1.12. The SMILES string of the molecule is CCCn1cc(C)nc1NC1CCCC(CC)C1. The van der Waals surface area contributed by atoms with E-state index in [1.165, 1.54) is 32.1 Å². The van der Waals surface area contributed by atoms with Gasteiger partial charge in [-0.05, 0) is 32.1 Å². The molecule has 1 saturated carbocycles. The number of hydrogen-bond acceptors (Lipinski definition) is 2. The number of imidazole rings is 1. The van der Waals surface area contributed by atoms with Crippen LogP contribution in [-0.2, 0) is 6.54 Å². The Morgan fingerprint density at radius 2 is 2.22 bits per heavy atom. The molecule has 2 unspecified atom stereocenters. The van der Waals surface area contributed by atoms with Gasteiger partial charge < -0.3 is 9.88 Å². The van der Waals surface area contributed by atoms with Gasteiger partial charge in [0.2, 0.25) is 5.95 Å². The van der Waals surface area contributed by atoms with Crippen LogP contribution < -0.4 is 5.32 Å². The Kier molecular flexibility index (Phi) is 4.67. The maximum atomic E-state index is 4.63. The molecule has 2 rings (SSSR count). The first kappa shape index (κ1) is 13.4. The molecular weight excluding hydrogens is 222 g/mol. The lowest BCUT2D eigenvalue weighted by Gasteiger charge is -2.29. The van der Waals surface area contributed by atoms with Crippen molar-refractivity contribution in [1.82, 2.24) is 9.55 Å². The quantitative estimate of drug-likeness (QED) is 0.855. The Morgan fingerprint density at radius 1 is 1.39 bits per heavy atom. The molecule has 3 heteroatoms. The van der Waals surface area contributed by atoms with Gasteiger partial charge in [-0.25, -0.2) is 4.98 Å². The zero-order valence-corrected chi connectivity index (χ0v) is 12.1. The smallest absolute Gasteiger partial charge is 0.203 e. The van der Waals surface area contributed by atoms with Crippen molar-refractivity contribution in [3.63, 3.8) is 0 Å². The summed E-state index contributed by atoms with van der Waals surface area (Å²) in [5.74, 6) is 1.99. The molecular formula is C15H27N3. The lowest BCUT2D eigenvalue weighted by atomic mass is 9.84. The predicted octanol–water partition coefficient (Wildman–Crippen LogP) is 3.98. The van der Waals surface area contributed by atoms with E-state index < -0.39 is 0 Å². The minimum absolute atomic E-state index is 0.626. The van der Waals surface area contributed by atoms with Crippen molar-refractivity contribution in [3.8, 4) is 0 Å². The Balaban J connectivity index is 1.99. The standard InChI is InChI=1S/C15H27N3/c1-4-9-18-11-12(3)16-15(18)17-14-8-6-7-13(5-2)10-14/h11,13-14H,4-10H2,1-3H3,(H,16,17). The molecule has 1 aromatic rings. The monoisotopic (exact) mass is 249 g/mol. The fraction of sp³-hybridized carbons (Fsp3) is 0.800. The van der Waals surface area contributed by atoms with Gasteiger partial charge in [0.25, 0.3) is 0 Å². The zero-order chi connectivity index (χ0) is 13.0. The highest BCUT2D eigenvalue weighted by Gasteiger charge is 2.21. The van der Waals surface area contributed by atoms with E-state index in [1.807, 2.05) is 0 Å². The van der Waals surface area contributed by atoms with Crippen LogP contribution in [0.2, 0.25) is 0 Å². The minimum atomic E-state index is 0.626. The molecule has 0 aliphatic heterocycles. The lowest BCUT2D eigenvalue weighted by molar-refractivity contribution is 0.326. The van der Waals surface area contributed by atoms with E-state index in [1.54, 1.807) is 0 Å². The molecule has 1 heterocycles. The Labute approximate surface area is 111 Å². The van der Waals surface area contributed by atoms with E-state index in [0.717, 1.165) is 30.5 Å². The Morgan fingerprint density at radius 3 is 2.94 bits per heavy atom. The molecule has 0 spiro atoms. The molecule has 3 nitrogen and oxygen atoms in total. The van der Waals surface area contributed by atoms with Crippen molar-refractivity contribution < 1.29 is 0 Å². The van der Waals surface area contributed by atoms with Gasteiger partial charge in [-0.1, -0.05) is 33.1 Å². The highest BCUT2D eigenvalue weighted by atomic mass is 15.2. The average Bonchev–Trinajstić information content (AvgIpc) is 2.70. The lowest BCUT2D eigenvalue weighted by Crippen LogP contribution is -2.28. The number of nitrogens with zero attached hydrogens (tertiary/aromatic N) is 2. The van der Waals surface area contributed by atoms with E-state index in [0.29, 0.717) is 6.04 Å². The van der Waals surface area contributed by atoms with Crippen molar-refractivity contribution in [2.24, 2.45) is 5.92 Å². The van der Waals surface area contributed by atoms with Gasteiger partial charge in [-0.15, -0.1) is 0 Å². The molecule has 0 amide bonds. The summed E-state index contributed by atoms with van der Waals surface area (Å²) in [7, 11) is 0. The van der Waals surface area contributed by atoms with Gasteiger partial charge in [-0.2, -0.15) is 0 Å². The first-order chi connectivity index (χ1) is 8.72. The van der Waals surface area contributed by atoms with E-state index in [4.69, 9.17) is 0 Å². The van der Waals surface area contributed by atoms with E-state index in [-0.39, 0.29) is 0 Å². The molecule has 102 valence electrons. The first-order valence-electron chi connectivity index (χ1n) is 7.53. The van der Waals surface area contributed by atoms with Gasteiger partial charge in [-0.3, -0.25) is 0 Å². The zero-order valence-electron chi connectivity index (χ0n) is 12.1. The van der Waals surface area contributed by atoms with Crippen LogP contribution in [0.15, 0.2) is 6.20 Å². The van der Waals surface area contributed by atoms with Crippen molar-refractivity contribution in [1.29, 1.82) is 0 Å². The number of anilines is 1. The molecule has 0 radical (unpaired) electrons. The largest absolute Gasteiger partial charge is 0.353 e. The summed E-state index contributed by atoms with van der Waals surface area (Å²) in [6.45, 7) is 7.67. The third-order valence-corrected chi connectivity index (χ3v) is 4.05. The maximum absolute atomic E-state index is 4.63. The summed E-state index contributed by atoms with van der Waals surface area (Å²) in [6.07, 6.45) is 10.0. The van der Waals surface area contributed by atoms with Crippen molar-refractivity contribution >= 4 is 5.95 Å². The van der Waals surface area contributed by atoms with Crippen LogP contribution in [-0.4, -0.2) is 15.6 Å². The third kappa shape index (κ3) is 3.27. The maximum Gasteiger partial charge on any atom is 0.203 e. The molecule has 1 aromatic heterocycles. The average molecular weight is 249 g/mol. The second kappa shape index (κ2) is 6.26. The van der Waals surface area contributed by atoms with Gasteiger partial charge in [0.05, 0.1) is 5.69 Å². The second-order valence-electron chi connectivity index (χ2n) is 5.68. The van der Waals surface area contributed by atoms with Crippen molar-refractivity contribution in [2.45, 2.75) is 71.9 Å². The van der Waals surface area contributed by atoms with Crippen molar-refractivity contribution in [2.75, 3.05) is 5.32 Å². The number of nitrogens with one attached hydrogen (secondary N) is 1. The van der Waals surface area contributed by atoms with Crippen molar-refractivity contribution in [3.05, 3.63) is 11.9 Å². The highest BCUT2D eigenvalue weighted by Crippen LogP contribution is 2.28. The van der Waals surface area contributed by atoms with Crippen LogP contribution in [0.3, 0.4) is 0 Å². The van der Waals surface area contributed by atoms with E-state index in [2.05, 4.69) is 41.8 Å². The summed E-state index contributed by atoms with van der Waals surface area (Å²) >= 11 is 0. The normalized spacial score (nSPS) is 24.2. The third-order valence-electron chi connectivity index (χ3n) is 4.05. The number of rotatable bonds is 5. The summed E-state index contributed by atoms with van der Waals surface area (Å²) in [5, 5.41) is 3.67. The molecule has 0 bridgehead atoms. The van der Waals surface area contributed by atoms with Gasteiger partial charge in [0, 0.05) is 18.8 Å². The molecule has 1 fully saturated rings. The van der Waals surface area contributed by atoms with Crippen LogP contribution in [0.25, 0.3) is 0 Å². The fourth-order valence-corrected chi connectivity index (χ4v) is 3.05. The first-order valence-corrected chi connectivity index (χ1v) is 7.53. The van der Waals surface area contributed by atoms with Gasteiger partial charge >= 0.3 is 0 Å². The van der Waals surface area contributed by atoms with Crippen LogP contribution in [0.5, 0.6) is 0 Å². The Bertz CT molecular complexity index is 370. The molecule has 1 aliphatic carbocycles. The fourth-order valence-electron chi connectivity index (χ4n) is 3.05. The molecule has 18 heavy (non-hydrogen) atoms. The second-order valence-corrected chi connectivity index (χ2v) is 5.68. The molecule has 2 atom stereocenters. The van der Waals surface area contributed by atoms with Crippen LogP contribution in [0.4, 0.5) is 5.95 Å². The number of aryl methyl sites for hydroxylation is 2. The van der Waals surface area contributed by atoms with E-state index in [9.17, 15) is 0 Å². The van der Waals surface area contributed by atoms with Crippen LogP contribution in [0.1, 0.15) is 58.1 Å². The minimum Gasteiger partial charge on any atom is -0.353 e. The van der Waals surface area contributed by atoms with Crippen LogP contribution in [0, 0.1) is 12.8 Å². The topological polar surface area (TPSA) is 29.9 Å². The summed E-state index contributed by atoms with van der Waals surface area (Å²) < 4.78 is 2.27. The van der Waals surface area contributed by atoms with E-state index >= 15 is 0 Å². The number of hydrogen-bond donors (Lipinski definition) is 1.